The highest BCUT2D eigenvalue weighted by atomic mass is 32.1. The van der Waals surface area contributed by atoms with Gasteiger partial charge in [-0.3, -0.25) is 14.5 Å². The third-order valence-corrected chi connectivity index (χ3v) is 7.88. The number of carbonyl (C=O) groups is 2. The summed E-state index contributed by atoms with van der Waals surface area (Å²) in [5, 5.41) is 11.9. The van der Waals surface area contributed by atoms with Crippen molar-refractivity contribution in [3.8, 4) is 11.5 Å². The number of aliphatic hydroxyl groups is 1. The van der Waals surface area contributed by atoms with E-state index in [9.17, 15) is 14.7 Å². The third kappa shape index (κ3) is 4.01. The van der Waals surface area contributed by atoms with E-state index in [0.717, 1.165) is 27.1 Å². The number of amides is 1. The number of nitrogens with zero attached hydrogens (tertiary/aromatic N) is 2. The number of Topliss-reactive ketones (excluding diaryl/α,β-unsaturated/α-hetero) is 1. The molecule has 6 rings (SSSR count). The van der Waals surface area contributed by atoms with E-state index >= 15 is 0 Å². The Hall–Kier alpha value is -4.17. The molecular weight excluding hydrogens is 500 g/mol. The molecule has 0 aliphatic carbocycles. The van der Waals surface area contributed by atoms with Gasteiger partial charge in [-0.25, -0.2) is 4.98 Å². The van der Waals surface area contributed by atoms with Crippen molar-refractivity contribution in [2.45, 2.75) is 39.3 Å². The molecular formula is C30H26N2O5S. The SMILES string of the molecule is CCOc1ccc([C@H]2C(=C(O)c3ccc4c(c3)C[C@H](C)O4)C(=O)C(=O)N2c2nc3ccc(C)cc3s2)cc1. The molecule has 2 aliphatic heterocycles. The summed E-state index contributed by atoms with van der Waals surface area (Å²) < 4.78 is 12.3. The van der Waals surface area contributed by atoms with Crippen LogP contribution in [0.4, 0.5) is 5.13 Å². The molecule has 2 atom stereocenters. The zero-order valence-corrected chi connectivity index (χ0v) is 22.0. The molecule has 0 spiro atoms. The Balaban J connectivity index is 1.51. The van der Waals surface area contributed by atoms with Crippen LogP contribution in [0.15, 0.2) is 66.2 Å². The highest BCUT2D eigenvalue weighted by Crippen LogP contribution is 2.45. The van der Waals surface area contributed by atoms with Gasteiger partial charge in [0.1, 0.15) is 23.4 Å². The summed E-state index contributed by atoms with van der Waals surface area (Å²) in [4.78, 5) is 33.2. The molecule has 38 heavy (non-hydrogen) atoms. The van der Waals surface area contributed by atoms with Crippen molar-refractivity contribution in [1.82, 2.24) is 4.98 Å². The van der Waals surface area contributed by atoms with Gasteiger partial charge in [0.15, 0.2) is 5.13 Å². The number of rotatable bonds is 5. The van der Waals surface area contributed by atoms with Crippen LogP contribution in [-0.2, 0) is 16.0 Å². The first-order chi connectivity index (χ1) is 18.3. The van der Waals surface area contributed by atoms with Gasteiger partial charge in [0, 0.05) is 12.0 Å². The maximum absolute atomic E-state index is 13.5. The second-order valence-electron chi connectivity index (χ2n) is 9.59. The minimum absolute atomic E-state index is 0.0292. The highest BCUT2D eigenvalue weighted by molar-refractivity contribution is 7.22. The molecule has 1 aromatic heterocycles. The summed E-state index contributed by atoms with van der Waals surface area (Å²) in [6.45, 7) is 6.40. The average Bonchev–Trinajstić information content (AvgIpc) is 3.56. The number of carbonyl (C=O) groups excluding carboxylic acids is 2. The number of anilines is 1. The van der Waals surface area contributed by atoms with Crippen molar-refractivity contribution >= 4 is 44.1 Å². The van der Waals surface area contributed by atoms with Crippen LogP contribution in [0.1, 0.15) is 42.1 Å². The number of aliphatic hydroxyl groups excluding tert-OH is 1. The first-order valence-electron chi connectivity index (χ1n) is 12.5. The normalized spacial score (nSPS) is 20.1. The van der Waals surface area contributed by atoms with Crippen LogP contribution in [-0.4, -0.2) is 34.5 Å². The number of hydrogen-bond acceptors (Lipinski definition) is 7. The highest BCUT2D eigenvalue weighted by Gasteiger charge is 2.48. The minimum Gasteiger partial charge on any atom is -0.507 e. The van der Waals surface area contributed by atoms with Crippen LogP contribution in [0.5, 0.6) is 11.5 Å². The summed E-state index contributed by atoms with van der Waals surface area (Å²) in [5.41, 5.74) is 3.94. The maximum atomic E-state index is 13.5. The van der Waals surface area contributed by atoms with Crippen LogP contribution in [0.25, 0.3) is 16.0 Å². The van der Waals surface area contributed by atoms with Gasteiger partial charge in [-0.15, -0.1) is 0 Å². The fourth-order valence-electron chi connectivity index (χ4n) is 5.11. The molecule has 192 valence electrons. The number of fused-ring (bicyclic) bond motifs is 2. The van der Waals surface area contributed by atoms with Crippen LogP contribution >= 0.6 is 11.3 Å². The molecule has 8 heteroatoms. The number of aryl methyl sites for hydroxylation is 1. The van der Waals surface area contributed by atoms with Gasteiger partial charge in [0.2, 0.25) is 0 Å². The van der Waals surface area contributed by atoms with E-state index in [1.54, 1.807) is 24.3 Å². The van der Waals surface area contributed by atoms with Crippen molar-refractivity contribution in [3.63, 3.8) is 0 Å². The van der Waals surface area contributed by atoms with Crippen LogP contribution in [0, 0.1) is 6.92 Å². The Morgan fingerprint density at radius 1 is 1.13 bits per heavy atom. The van der Waals surface area contributed by atoms with Crippen molar-refractivity contribution in [2.75, 3.05) is 11.5 Å². The summed E-state index contributed by atoms with van der Waals surface area (Å²) in [5.74, 6) is -0.246. The predicted molar refractivity (Wildman–Crippen MR) is 147 cm³/mol. The van der Waals surface area contributed by atoms with Gasteiger partial charge < -0.3 is 14.6 Å². The van der Waals surface area contributed by atoms with Gasteiger partial charge in [-0.05, 0) is 79.9 Å². The lowest BCUT2D eigenvalue weighted by atomic mass is 9.94. The minimum atomic E-state index is -0.851. The van der Waals surface area contributed by atoms with Crippen molar-refractivity contribution in [2.24, 2.45) is 0 Å². The van der Waals surface area contributed by atoms with E-state index in [4.69, 9.17) is 14.5 Å². The molecule has 0 unspecified atom stereocenters. The fraction of sp³-hybridized carbons (Fsp3) is 0.233. The average molecular weight is 527 g/mol. The lowest BCUT2D eigenvalue weighted by molar-refractivity contribution is -0.132. The molecule has 1 saturated heterocycles. The summed E-state index contributed by atoms with van der Waals surface area (Å²) in [6, 6.07) is 17.6. The molecule has 0 radical (unpaired) electrons. The summed E-state index contributed by atoms with van der Waals surface area (Å²) in [7, 11) is 0. The molecule has 3 heterocycles. The Morgan fingerprint density at radius 2 is 1.92 bits per heavy atom. The zero-order valence-electron chi connectivity index (χ0n) is 21.2. The number of aromatic nitrogens is 1. The van der Waals surface area contributed by atoms with Gasteiger partial charge in [0.25, 0.3) is 5.78 Å². The summed E-state index contributed by atoms with van der Waals surface area (Å²) in [6.07, 6.45) is 0.748. The van der Waals surface area contributed by atoms with Crippen LogP contribution in [0.2, 0.25) is 0 Å². The van der Waals surface area contributed by atoms with E-state index in [0.29, 0.717) is 35.0 Å². The number of hydrogen-bond donors (Lipinski definition) is 1. The molecule has 1 fully saturated rings. The topological polar surface area (TPSA) is 89.0 Å². The Kier molecular flexibility index (Phi) is 5.91. The van der Waals surface area contributed by atoms with E-state index in [2.05, 4.69) is 0 Å². The molecule has 3 aromatic carbocycles. The molecule has 1 amide bonds. The zero-order chi connectivity index (χ0) is 26.6. The quantitative estimate of drug-likeness (QED) is 0.196. The first kappa shape index (κ1) is 24.2. The maximum Gasteiger partial charge on any atom is 0.301 e. The van der Waals surface area contributed by atoms with Gasteiger partial charge in [-0.2, -0.15) is 0 Å². The molecule has 7 nitrogen and oxygen atoms in total. The number of thiazole rings is 1. The van der Waals surface area contributed by atoms with Crippen molar-refractivity contribution in [3.05, 3.63) is 88.5 Å². The van der Waals surface area contributed by atoms with Crippen LogP contribution < -0.4 is 14.4 Å². The predicted octanol–water partition coefficient (Wildman–Crippen LogP) is 5.95. The second-order valence-corrected chi connectivity index (χ2v) is 10.6. The number of ether oxygens (including phenoxy) is 2. The molecule has 1 N–H and O–H groups in total. The number of benzene rings is 3. The standard InChI is InChI=1S/C30H26N2O5S/c1-4-36-21-9-6-18(7-10-21)26-25(27(33)19-8-12-23-20(15-19)14-17(3)37-23)28(34)29(35)32(26)30-31-22-11-5-16(2)13-24(22)38-30/h5-13,15,17,26,33H,4,14H2,1-3H3/t17-,26-/m0/s1. The summed E-state index contributed by atoms with van der Waals surface area (Å²) >= 11 is 1.35. The lowest BCUT2D eigenvalue weighted by Crippen LogP contribution is -2.29. The molecule has 0 bridgehead atoms. The van der Waals surface area contributed by atoms with Crippen molar-refractivity contribution in [1.29, 1.82) is 0 Å². The monoisotopic (exact) mass is 526 g/mol. The van der Waals surface area contributed by atoms with Gasteiger partial charge >= 0.3 is 5.91 Å². The van der Waals surface area contributed by atoms with E-state index in [1.165, 1.54) is 16.2 Å². The van der Waals surface area contributed by atoms with E-state index in [-0.39, 0.29) is 17.4 Å². The molecule has 0 saturated carbocycles. The molecule has 4 aromatic rings. The van der Waals surface area contributed by atoms with Gasteiger partial charge in [-0.1, -0.05) is 29.5 Å². The van der Waals surface area contributed by atoms with E-state index < -0.39 is 17.7 Å². The van der Waals surface area contributed by atoms with Crippen LogP contribution in [0.3, 0.4) is 0 Å². The van der Waals surface area contributed by atoms with Crippen molar-refractivity contribution < 1.29 is 24.2 Å². The Labute approximate surface area is 224 Å². The largest absolute Gasteiger partial charge is 0.507 e. The van der Waals surface area contributed by atoms with E-state index in [1.807, 2.05) is 57.2 Å². The molecule has 2 aliphatic rings. The smallest absolute Gasteiger partial charge is 0.301 e. The second kappa shape index (κ2) is 9.29. The first-order valence-corrected chi connectivity index (χ1v) is 13.4. The number of ketones is 1. The Bertz CT molecular complexity index is 1620. The van der Waals surface area contributed by atoms with Gasteiger partial charge in [0.05, 0.1) is 28.4 Å². The third-order valence-electron chi connectivity index (χ3n) is 6.86. The Morgan fingerprint density at radius 3 is 2.68 bits per heavy atom. The lowest BCUT2D eigenvalue weighted by Gasteiger charge is -2.23. The fourth-order valence-corrected chi connectivity index (χ4v) is 6.20.